The first kappa shape index (κ1) is 37.5. The average Bonchev–Trinajstić information content (AvgIpc) is 3.04. The van der Waals surface area contributed by atoms with E-state index in [1.807, 2.05) is 0 Å². The highest BCUT2D eigenvalue weighted by Crippen LogP contribution is 2.44. The third-order valence-corrected chi connectivity index (χ3v) is 9.33. The van der Waals surface area contributed by atoms with Gasteiger partial charge in [-0.05, 0) is 72.4 Å². The molecule has 0 spiro atoms. The van der Waals surface area contributed by atoms with Gasteiger partial charge in [0.15, 0.2) is 0 Å². The molecule has 2 aliphatic heterocycles. The van der Waals surface area contributed by atoms with E-state index in [9.17, 15) is 50.2 Å². The Bertz CT molecular complexity index is 2160. The predicted molar refractivity (Wildman–Crippen MR) is 175 cm³/mol. The van der Waals surface area contributed by atoms with E-state index in [0.717, 1.165) is 12.3 Å². The normalized spacial score (nSPS) is 18.1. The number of aryl methyl sites for hydroxylation is 2. The average molecular weight is 750 g/mol. The molecule has 1 amide bonds. The fourth-order valence-corrected chi connectivity index (χ4v) is 6.72. The zero-order valence-electron chi connectivity index (χ0n) is 28.0. The number of carbonyl (C=O) groups is 2. The molecule has 3 aromatic carbocycles. The number of hydrogen-bond donors (Lipinski definition) is 2. The second-order valence-corrected chi connectivity index (χ2v) is 13.1. The van der Waals surface area contributed by atoms with Gasteiger partial charge in [0.2, 0.25) is 5.91 Å². The molecule has 4 bridgehead atoms. The molecule has 280 valence electrons. The smallest absolute Gasteiger partial charge is 0.419 e. The van der Waals surface area contributed by atoms with Gasteiger partial charge in [-0.3, -0.25) is 23.9 Å². The van der Waals surface area contributed by atoms with Crippen molar-refractivity contribution >= 4 is 11.9 Å². The fraction of sp³-hybridized carbons (Fsp3) is 0.324. The van der Waals surface area contributed by atoms with Gasteiger partial charge in [0.25, 0.3) is 5.56 Å². The zero-order valence-corrected chi connectivity index (χ0v) is 28.0. The Balaban J connectivity index is 1.60. The lowest BCUT2D eigenvalue weighted by atomic mass is 9.90. The van der Waals surface area contributed by atoms with Crippen molar-refractivity contribution < 1.29 is 54.6 Å². The Kier molecular flexibility index (Phi) is 9.87. The van der Waals surface area contributed by atoms with E-state index in [1.54, 1.807) is 30.9 Å². The highest BCUT2D eigenvalue weighted by atomic mass is 19.4. The number of ether oxygens (including phenoxy) is 1. The number of halogens is 8. The van der Waals surface area contributed by atoms with Crippen LogP contribution < -0.4 is 15.6 Å². The summed E-state index contributed by atoms with van der Waals surface area (Å²) in [7, 11) is 0. The Hall–Kier alpha value is -5.25. The summed E-state index contributed by atoms with van der Waals surface area (Å²) in [5.41, 5.74) is -4.90. The Labute approximate surface area is 296 Å². The van der Waals surface area contributed by atoms with E-state index in [-0.39, 0.29) is 54.2 Å². The van der Waals surface area contributed by atoms with Gasteiger partial charge in [-0.15, -0.1) is 0 Å². The Morgan fingerprint density at radius 2 is 1.62 bits per heavy atom. The number of aliphatic carboxylic acids is 1. The minimum Gasteiger partial charge on any atom is -0.481 e. The van der Waals surface area contributed by atoms with Crippen molar-refractivity contribution in [2.75, 3.05) is 19.6 Å². The largest absolute Gasteiger partial charge is 0.481 e. The lowest BCUT2D eigenvalue weighted by Crippen LogP contribution is -2.49. The van der Waals surface area contributed by atoms with Crippen LogP contribution in [-0.4, -0.2) is 52.3 Å². The van der Waals surface area contributed by atoms with Crippen LogP contribution in [0.1, 0.15) is 57.4 Å². The predicted octanol–water partition coefficient (Wildman–Crippen LogP) is 7.53. The number of carboxylic acid groups (broad SMARTS) is 1. The molecule has 6 rings (SSSR count). The van der Waals surface area contributed by atoms with E-state index in [0.29, 0.717) is 27.8 Å². The number of fused-ring (bicyclic) bond motifs is 6. The van der Waals surface area contributed by atoms with Crippen LogP contribution in [0.3, 0.4) is 0 Å². The van der Waals surface area contributed by atoms with Crippen LogP contribution in [0.15, 0.2) is 65.6 Å². The molecule has 53 heavy (non-hydrogen) atoms. The number of pyridine rings is 1. The summed E-state index contributed by atoms with van der Waals surface area (Å²) in [6.45, 7) is 3.16. The number of rotatable bonds is 6. The van der Waals surface area contributed by atoms with Gasteiger partial charge in [-0.2, -0.15) is 26.3 Å². The highest BCUT2D eigenvalue weighted by Gasteiger charge is 2.40. The monoisotopic (exact) mass is 749 g/mol. The van der Waals surface area contributed by atoms with Crippen molar-refractivity contribution in [3.63, 3.8) is 0 Å². The summed E-state index contributed by atoms with van der Waals surface area (Å²) in [6, 6.07) is 6.75. The molecule has 0 aliphatic carbocycles. The van der Waals surface area contributed by atoms with Crippen molar-refractivity contribution in [2.24, 2.45) is 0 Å². The molecule has 2 atom stereocenters. The summed E-state index contributed by atoms with van der Waals surface area (Å²) < 4.78 is 122. The number of aromatic nitrogens is 1. The van der Waals surface area contributed by atoms with Crippen LogP contribution in [0.25, 0.3) is 11.1 Å². The van der Waals surface area contributed by atoms with Crippen LogP contribution >= 0.6 is 0 Å². The fourth-order valence-electron chi connectivity index (χ4n) is 6.72. The molecule has 2 aliphatic rings. The number of hydrogen-bond acceptors (Lipinski definition) is 5. The van der Waals surface area contributed by atoms with Crippen LogP contribution in [0.2, 0.25) is 0 Å². The van der Waals surface area contributed by atoms with Crippen molar-refractivity contribution in [3.8, 4) is 22.6 Å². The van der Waals surface area contributed by atoms with Crippen molar-refractivity contribution in [3.05, 3.63) is 116 Å². The van der Waals surface area contributed by atoms with E-state index in [4.69, 9.17) is 4.74 Å². The first-order chi connectivity index (χ1) is 24.8. The summed E-state index contributed by atoms with van der Waals surface area (Å²) in [4.78, 5) is 41.5. The van der Waals surface area contributed by atoms with Crippen LogP contribution in [0.4, 0.5) is 35.1 Å². The minimum absolute atomic E-state index is 0.000278. The van der Waals surface area contributed by atoms with Crippen molar-refractivity contribution in [2.45, 2.75) is 57.3 Å². The first-order valence-electron chi connectivity index (χ1n) is 16.3. The molecule has 1 aromatic heterocycles. The van der Waals surface area contributed by atoms with Crippen LogP contribution in [-0.2, 0) is 28.4 Å². The number of likely N-dealkylation sites (tertiary alicyclic amines) is 1. The van der Waals surface area contributed by atoms with Crippen molar-refractivity contribution in [1.82, 2.24) is 14.8 Å². The molecule has 8 nitrogen and oxygen atoms in total. The van der Waals surface area contributed by atoms with Crippen molar-refractivity contribution in [1.29, 1.82) is 0 Å². The van der Waals surface area contributed by atoms with Gasteiger partial charge in [0, 0.05) is 43.0 Å². The number of nitrogens with zero attached hydrogens (tertiary/aromatic N) is 2. The van der Waals surface area contributed by atoms with E-state index >= 15 is 4.39 Å². The SMILES string of the molecule is Cc1ccc(C)c2c1Oc1cccc(c1)[C@@H](n1cc(CCN3CC(F)C3)c(C(F)(F)F)cc1=O)C(=O)N[C@H](CC(=O)O)c1cc-2cc(C(F)(F)F)c1F. The van der Waals surface area contributed by atoms with Gasteiger partial charge < -0.3 is 15.2 Å². The first-order valence-corrected chi connectivity index (χ1v) is 16.3. The van der Waals surface area contributed by atoms with E-state index in [2.05, 4.69) is 5.32 Å². The maximum Gasteiger partial charge on any atom is 0.419 e. The second kappa shape index (κ2) is 14.0. The standard InChI is InChI=1S/C37H31F8N3O5/c1-18-6-7-19(2)34-31(18)22-11-25(32(39)27(12-22)37(43,44)45)28(14-30(50)51)46-35(52)33(20-4-3-5-24(10-20)53-34)48-15-21(8-9-47-16-23(38)17-47)26(13-29(48)49)36(40,41)42/h3-7,10-13,15,23,28,33H,8-9,14,16-17H2,1-2H3,(H,46,52)(H,50,51)/t28-,33-/m1/s1. The number of alkyl halides is 7. The maximum atomic E-state index is 16.0. The molecule has 0 saturated carbocycles. The molecule has 0 radical (unpaired) electrons. The number of carbonyl (C=O) groups excluding carboxylic acids is 1. The van der Waals surface area contributed by atoms with Crippen LogP contribution in [0, 0.1) is 19.7 Å². The number of benzene rings is 3. The molecule has 16 heteroatoms. The van der Waals surface area contributed by atoms with Gasteiger partial charge in [0.1, 0.15) is 29.5 Å². The summed E-state index contributed by atoms with van der Waals surface area (Å²) in [5, 5.41) is 12.1. The third-order valence-electron chi connectivity index (χ3n) is 9.33. The Morgan fingerprint density at radius 1 is 0.943 bits per heavy atom. The number of nitrogens with one attached hydrogen (secondary N) is 1. The van der Waals surface area contributed by atoms with E-state index in [1.165, 1.54) is 24.3 Å². The summed E-state index contributed by atoms with van der Waals surface area (Å²) >= 11 is 0. The lowest BCUT2D eigenvalue weighted by molar-refractivity contribution is -0.140. The quantitative estimate of drug-likeness (QED) is 0.198. The second-order valence-electron chi connectivity index (χ2n) is 13.1. The van der Waals surface area contributed by atoms with Gasteiger partial charge >= 0.3 is 18.3 Å². The molecule has 2 N–H and O–H groups in total. The number of amides is 1. The lowest BCUT2D eigenvalue weighted by Gasteiger charge is -2.34. The molecular weight excluding hydrogens is 718 g/mol. The van der Waals surface area contributed by atoms with Crippen LogP contribution in [0.5, 0.6) is 11.5 Å². The zero-order chi connectivity index (χ0) is 38.6. The summed E-state index contributed by atoms with van der Waals surface area (Å²) in [6.07, 6.45) is -12.0. The highest BCUT2D eigenvalue weighted by molar-refractivity contribution is 5.85. The van der Waals surface area contributed by atoms with Gasteiger partial charge in [0.05, 0.1) is 23.6 Å². The minimum atomic E-state index is -5.28. The summed E-state index contributed by atoms with van der Waals surface area (Å²) in [5.74, 6) is -4.67. The molecule has 1 saturated heterocycles. The van der Waals surface area contributed by atoms with Gasteiger partial charge in [-0.1, -0.05) is 24.3 Å². The molecular formula is C37H31F8N3O5. The molecule has 4 aromatic rings. The van der Waals surface area contributed by atoms with Gasteiger partial charge in [-0.25, -0.2) is 8.78 Å². The maximum absolute atomic E-state index is 16.0. The topological polar surface area (TPSA) is 101 Å². The molecule has 0 unspecified atom stereocenters. The third kappa shape index (κ3) is 7.63. The van der Waals surface area contributed by atoms with E-state index < -0.39 is 82.5 Å². The molecule has 3 heterocycles. The number of carboxylic acids is 1. The molecule has 1 fully saturated rings. The Morgan fingerprint density at radius 3 is 2.26 bits per heavy atom.